The van der Waals surface area contributed by atoms with E-state index in [-0.39, 0.29) is 22.3 Å². The van der Waals surface area contributed by atoms with E-state index < -0.39 is 15.9 Å². The van der Waals surface area contributed by atoms with Gasteiger partial charge in [-0.15, -0.1) is 0 Å². The van der Waals surface area contributed by atoms with Crippen LogP contribution in [-0.2, 0) is 10.1 Å². The Morgan fingerprint density at radius 3 is 2.73 bits per heavy atom. The van der Waals surface area contributed by atoms with Crippen LogP contribution in [0.5, 0.6) is 5.75 Å². The minimum absolute atomic E-state index is 0.0972. The van der Waals surface area contributed by atoms with E-state index in [9.17, 15) is 13.2 Å². The number of aromatic nitrogens is 1. The van der Waals surface area contributed by atoms with Gasteiger partial charge in [-0.2, -0.15) is 8.42 Å². The van der Waals surface area contributed by atoms with Crippen LogP contribution in [0.15, 0.2) is 28.9 Å². The average Bonchev–Trinajstić information content (AvgIpc) is 3.14. The standard InChI is InChI=1S/C14H12ClNO5S/c1-22(18,19)21-12-6-9(15)4-5-10(12)13(17)11-7-16-20-14(11)8-2-3-8/h4-8H,2-3H2,1H3. The molecule has 6 nitrogen and oxygen atoms in total. The van der Waals surface area contributed by atoms with Gasteiger partial charge in [-0.05, 0) is 25.0 Å². The summed E-state index contributed by atoms with van der Waals surface area (Å²) in [6.07, 6.45) is 4.14. The molecule has 1 aliphatic carbocycles. The summed E-state index contributed by atoms with van der Waals surface area (Å²) >= 11 is 5.85. The van der Waals surface area contributed by atoms with Gasteiger partial charge in [0.25, 0.3) is 0 Å². The van der Waals surface area contributed by atoms with E-state index in [1.165, 1.54) is 24.4 Å². The zero-order valence-corrected chi connectivity index (χ0v) is 13.1. The highest BCUT2D eigenvalue weighted by Gasteiger charge is 2.33. The molecule has 2 aromatic rings. The molecule has 3 rings (SSSR count). The number of nitrogens with zero attached hydrogens (tertiary/aromatic N) is 1. The van der Waals surface area contributed by atoms with Gasteiger partial charge in [0.1, 0.15) is 0 Å². The molecule has 0 unspecified atom stereocenters. The van der Waals surface area contributed by atoms with Gasteiger partial charge in [0.05, 0.1) is 23.6 Å². The summed E-state index contributed by atoms with van der Waals surface area (Å²) in [5.74, 6) is 0.222. The molecule has 1 heterocycles. The van der Waals surface area contributed by atoms with Crippen LogP contribution >= 0.6 is 11.6 Å². The van der Waals surface area contributed by atoms with Gasteiger partial charge in [-0.1, -0.05) is 16.8 Å². The molecule has 1 fully saturated rings. The molecule has 1 aliphatic rings. The van der Waals surface area contributed by atoms with Crippen molar-refractivity contribution in [2.24, 2.45) is 0 Å². The third kappa shape index (κ3) is 3.15. The van der Waals surface area contributed by atoms with Crippen molar-refractivity contribution in [1.82, 2.24) is 5.16 Å². The Morgan fingerprint density at radius 1 is 1.36 bits per heavy atom. The second-order valence-electron chi connectivity index (χ2n) is 5.14. The van der Waals surface area contributed by atoms with Gasteiger partial charge in [0.2, 0.25) is 5.78 Å². The lowest BCUT2D eigenvalue weighted by atomic mass is 10.0. The van der Waals surface area contributed by atoms with Gasteiger partial charge < -0.3 is 8.71 Å². The number of carbonyl (C=O) groups is 1. The lowest BCUT2D eigenvalue weighted by molar-refractivity contribution is 0.103. The zero-order valence-electron chi connectivity index (χ0n) is 11.6. The summed E-state index contributed by atoms with van der Waals surface area (Å²) in [5.41, 5.74) is 0.420. The first-order chi connectivity index (χ1) is 10.3. The van der Waals surface area contributed by atoms with Crippen LogP contribution in [0.4, 0.5) is 0 Å². The number of carbonyl (C=O) groups excluding carboxylic acids is 1. The van der Waals surface area contributed by atoms with Crippen LogP contribution in [0.3, 0.4) is 0 Å². The molecule has 8 heteroatoms. The van der Waals surface area contributed by atoms with Crippen LogP contribution in [0.2, 0.25) is 5.02 Å². The largest absolute Gasteiger partial charge is 0.382 e. The van der Waals surface area contributed by atoms with Crippen LogP contribution in [-0.4, -0.2) is 25.6 Å². The Balaban J connectivity index is 2.03. The minimum atomic E-state index is -3.78. The Labute approximate surface area is 132 Å². The van der Waals surface area contributed by atoms with Crippen LogP contribution in [0.25, 0.3) is 0 Å². The maximum absolute atomic E-state index is 12.7. The molecule has 0 radical (unpaired) electrons. The third-order valence-electron chi connectivity index (χ3n) is 3.22. The predicted molar refractivity (Wildman–Crippen MR) is 78.8 cm³/mol. The molecule has 0 bridgehead atoms. The molecule has 0 amide bonds. The number of benzene rings is 1. The highest BCUT2D eigenvalue weighted by atomic mass is 35.5. The summed E-state index contributed by atoms with van der Waals surface area (Å²) in [4.78, 5) is 12.7. The molecular formula is C14H12ClNO5S. The number of hydrogen-bond acceptors (Lipinski definition) is 6. The van der Waals surface area contributed by atoms with Gasteiger partial charge in [0, 0.05) is 17.0 Å². The fourth-order valence-corrected chi connectivity index (χ4v) is 2.75. The number of ketones is 1. The molecule has 0 saturated heterocycles. The van der Waals surface area contributed by atoms with E-state index in [1.807, 2.05) is 0 Å². The quantitative estimate of drug-likeness (QED) is 0.614. The SMILES string of the molecule is CS(=O)(=O)Oc1cc(Cl)ccc1C(=O)c1cnoc1C1CC1. The average molecular weight is 342 g/mol. The highest BCUT2D eigenvalue weighted by Crippen LogP contribution is 2.42. The van der Waals surface area contributed by atoms with Crippen molar-refractivity contribution in [2.75, 3.05) is 6.26 Å². The van der Waals surface area contributed by atoms with E-state index in [0.717, 1.165) is 19.1 Å². The predicted octanol–water partition coefficient (Wildman–Crippen LogP) is 2.77. The Hall–Kier alpha value is -1.86. The van der Waals surface area contributed by atoms with Gasteiger partial charge in [0.15, 0.2) is 11.5 Å². The van der Waals surface area contributed by atoms with Gasteiger partial charge in [-0.25, -0.2) is 0 Å². The monoisotopic (exact) mass is 341 g/mol. The lowest BCUT2D eigenvalue weighted by Crippen LogP contribution is -2.11. The smallest absolute Gasteiger partial charge is 0.306 e. The molecule has 0 spiro atoms. The Kier molecular flexibility index (Phi) is 3.70. The van der Waals surface area contributed by atoms with Crippen LogP contribution in [0, 0.1) is 0 Å². The van der Waals surface area contributed by atoms with Crippen LogP contribution < -0.4 is 4.18 Å². The van der Waals surface area contributed by atoms with E-state index >= 15 is 0 Å². The van der Waals surface area contributed by atoms with Gasteiger partial charge >= 0.3 is 10.1 Å². The number of halogens is 1. The van der Waals surface area contributed by atoms with Crippen molar-refractivity contribution in [3.63, 3.8) is 0 Å². The van der Waals surface area contributed by atoms with Crippen molar-refractivity contribution < 1.29 is 21.9 Å². The molecule has 1 aromatic heterocycles. The van der Waals surface area contributed by atoms with Crippen molar-refractivity contribution >= 4 is 27.5 Å². The van der Waals surface area contributed by atoms with Crippen molar-refractivity contribution in [1.29, 1.82) is 0 Å². The van der Waals surface area contributed by atoms with E-state index in [1.54, 1.807) is 0 Å². The molecule has 0 atom stereocenters. The summed E-state index contributed by atoms with van der Waals surface area (Å²) in [7, 11) is -3.78. The summed E-state index contributed by atoms with van der Waals surface area (Å²) < 4.78 is 32.7. The molecule has 0 N–H and O–H groups in total. The molecule has 1 aromatic carbocycles. The topological polar surface area (TPSA) is 86.5 Å². The minimum Gasteiger partial charge on any atom is -0.382 e. The zero-order chi connectivity index (χ0) is 15.9. The fraction of sp³-hybridized carbons (Fsp3) is 0.286. The molecule has 22 heavy (non-hydrogen) atoms. The molecule has 116 valence electrons. The summed E-state index contributed by atoms with van der Waals surface area (Å²) in [6, 6.07) is 4.21. The highest BCUT2D eigenvalue weighted by molar-refractivity contribution is 7.86. The third-order valence-corrected chi connectivity index (χ3v) is 3.94. The molecular weight excluding hydrogens is 330 g/mol. The fourth-order valence-electron chi connectivity index (χ4n) is 2.12. The summed E-state index contributed by atoms with van der Waals surface area (Å²) in [5, 5.41) is 3.94. The molecule has 1 saturated carbocycles. The first-order valence-corrected chi connectivity index (χ1v) is 8.73. The normalized spacial score (nSPS) is 14.8. The molecule has 0 aliphatic heterocycles. The summed E-state index contributed by atoms with van der Waals surface area (Å²) in [6.45, 7) is 0. The maximum Gasteiger partial charge on any atom is 0.306 e. The maximum atomic E-state index is 12.7. The van der Waals surface area contributed by atoms with Gasteiger partial charge in [-0.3, -0.25) is 4.79 Å². The van der Waals surface area contributed by atoms with E-state index in [2.05, 4.69) is 5.16 Å². The van der Waals surface area contributed by atoms with E-state index in [0.29, 0.717) is 11.3 Å². The second-order valence-corrected chi connectivity index (χ2v) is 7.15. The Bertz CT molecular complexity index is 839. The van der Waals surface area contributed by atoms with Crippen molar-refractivity contribution in [3.05, 3.63) is 46.3 Å². The first-order valence-electron chi connectivity index (χ1n) is 6.53. The first kappa shape index (κ1) is 15.1. The second kappa shape index (κ2) is 5.40. The Morgan fingerprint density at radius 2 is 2.09 bits per heavy atom. The number of hydrogen-bond donors (Lipinski definition) is 0. The van der Waals surface area contributed by atoms with Crippen LogP contribution in [0.1, 0.15) is 40.4 Å². The lowest BCUT2D eigenvalue weighted by Gasteiger charge is -2.09. The van der Waals surface area contributed by atoms with Crippen molar-refractivity contribution in [3.8, 4) is 5.75 Å². The number of rotatable bonds is 5. The van der Waals surface area contributed by atoms with Crippen molar-refractivity contribution in [2.45, 2.75) is 18.8 Å². The van der Waals surface area contributed by atoms with E-state index in [4.69, 9.17) is 20.3 Å².